The predicted molar refractivity (Wildman–Crippen MR) is 52.9 cm³/mol. The highest BCUT2D eigenvalue weighted by Gasteiger charge is 2.14. The van der Waals surface area contributed by atoms with Crippen LogP contribution in [0, 0.1) is 0 Å². The van der Waals surface area contributed by atoms with E-state index in [0.717, 1.165) is 10.9 Å². The maximum atomic E-state index is 10.6. The SMILES string of the molecule is N[C@@H](C(=O)O)c1ccc2cc[nH]c2c1. The van der Waals surface area contributed by atoms with Crippen molar-refractivity contribution in [3.05, 3.63) is 36.0 Å². The molecule has 4 heteroatoms. The minimum absolute atomic E-state index is 0.604. The lowest BCUT2D eigenvalue weighted by atomic mass is 10.1. The third-order valence-corrected chi connectivity index (χ3v) is 2.20. The summed E-state index contributed by atoms with van der Waals surface area (Å²) in [5.41, 5.74) is 6.99. The first-order chi connectivity index (χ1) is 6.68. The van der Waals surface area contributed by atoms with Gasteiger partial charge in [0.05, 0.1) is 0 Å². The van der Waals surface area contributed by atoms with E-state index < -0.39 is 12.0 Å². The van der Waals surface area contributed by atoms with Crippen LogP contribution in [0.2, 0.25) is 0 Å². The normalized spacial score (nSPS) is 12.9. The van der Waals surface area contributed by atoms with Crippen molar-refractivity contribution in [1.29, 1.82) is 0 Å². The van der Waals surface area contributed by atoms with Crippen molar-refractivity contribution in [2.45, 2.75) is 6.04 Å². The standard InChI is InChI=1S/C10H10N2O2/c11-9(10(13)14)7-2-1-6-3-4-12-8(6)5-7/h1-5,9,12H,11H2,(H,13,14)/t9-/m1/s1. The van der Waals surface area contributed by atoms with Crippen LogP contribution in [-0.2, 0) is 4.79 Å². The van der Waals surface area contributed by atoms with Gasteiger partial charge in [0.1, 0.15) is 6.04 Å². The first kappa shape index (κ1) is 8.77. The van der Waals surface area contributed by atoms with Crippen LogP contribution in [0.15, 0.2) is 30.5 Å². The summed E-state index contributed by atoms with van der Waals surface area (Å²) in [7, 11) is 0. The Kier molecular flexibility index (Phi) is 1.98. The number of rotatable bonds is 2. The Bertz CT molecular complexity index is 476. The van der Waals surface area contributed by atoms with E-state index in [1.165, 1.54) is 0 Å². The fourth-order valence-corrected chi connectivity index (χ4v) is 1.40. The number of aromatic amines is 1. The lowest BCUT2D eigenvalue weighted by Gasteiger charge is -2.05. The number of hydrogen-bond donors (Lipinski definition) is 3. The molecule has 0 spiro atoms. The van der Waals surface area contributed by atoms with E-state index in [9.17, 15) is 4.79 Å². The monoisotopic (exact) mass is 190 g/mol. The number of nitrogens with two attached hydrogens (primary N) is 1. The average molecular weight is 190 g/mol. The molecule has 0 unspecified atom stereocenters. The van der Waals surface area contributed by atoms with Crippen molar-refractivity contribution in [2.24, 2.45) is 5.73 Å². The Morgan fingerprint density at radius 2 is 2.21 bits per heavy atom. The summed E-state index contributed by atoms with van der Waals surface area (Å²) >= 11 is 0. The maximum absolute atomic E-state index is 10.6. The van der Waals surface area contributed by atoms with E-state index in [2.05, 4.69) is 4.98 Å². The van der Waals surface area contributed by atoms with E-state index in [4.69, 9.17) is 10.8 Å². The van der Waals surface area contributed by atoms with Crippen molar-refractivity contribution in [3.63, 3.8) is 0 Å². The zero-order valence-electron chi connectivity index (χ0n) is 7.40. The van der Waals surface area contributed by atoms with E-state index in [1.54, 1.807) is 18.3 Å². The van der Waals surface area contributed by atoms with Gasteiger partial charge in [0.25, 0.3) is 0 Å². The topological polar surface area (TPSA) is 79.1 Å². The van der Waals surface area contributed by atoms with Crippen LogP contribution in [0.3, 0.4) is 0 Å². The second-order valence-electron chi connectivity index (χ2n) is 3.14. The third kappa shape index (κ3) is 1.36. The molecule has 0 saturated carbocycles. The number of carbonyl (C=O) groups is 1. The lowest BCUT2D eigenvalue weighted by Crippen LogP contribution is -2.20. The molecule has 72 valence electrons. The molecule has 0 amide bonds. The van der Waals surface area contributed by atoms with Gasteiger partial charge >= 0.3 is 5.97 Å². The van der Waals surface area contributed by atoms with Gasteiger partial charge in [-0.25, -0.2) is 0 Å². The van der Waals surface area contributed by atoms with Crippen LogP contribution in [0.4, 0.5) is 0 Å². The summed E-state index contributed by atoms with van der Waals surface area (Å²) < 4.78 is 0. The number of nitrogens with one attached hydrogen (secondary N) is 1. The van der Waals surface area contributed by atoms with Gasteiger partial charge < -0.3 is 15.8 Å². The Labute approximate surface area is 80.3 Å². The van der Waals surface area contributed by atoms with Crippen LogP contribution in [-0.4, -0.2) is 16.1 Å². The summed E-state index contributed by atoms with van der Waals surface area (Å²) in [4.78, 5) is 13.6. The van der Waals surface area contributed by atoms with Gasteiger partial charge in [-0.2, -0.15) is 0 Å². The zero-order valence-corrected chi connectivity index (χ0v) is 7.40. The number of fused-ring (bicyclic) bond motifs is 1. The molecule has 0 saturated heterocycles. The molecule has 0 bridgehead atoms. The zero-order chi connectivity index (χ0) is 10.1. The number of aromatic nitrogens is 1. The minimum atomic E-state index is -1.02. The van der Waals surface area contributed by atoms with Crippen molar-refractivity contribution in [1.82, 2.24) is 4.98 Å². The summed E-state index contributed by atoms with van der Waals surface area (Å²) in [6.45, 7) is 0. The number of hydrogen-bond acceptors (Lipinski definition) is 2. The Morgan fingerprint density at radius 1 is 1.43 bits per heavy atom. The summed E-state index contributed by atoms with van der Waals surface area (Å²) in [6, 6.07) is 6.31. The summed E-state index contributed by atoms with van der Waals surface area (Å²) in [5.74, 6) is -1.02. The van der Waals surface area contributed by atoms with Crippen LogP contribution in [0.5, 0.6) is 0 Å². The molecule has 0 aliphatic heterocycles. The smallest absolute Gasteiger partial charge is 0.325 e. The van der Waals surface area contributed by atoms with Gasteiger partial charge in [0.2, 0.25) is 0 Å². The predicted octanol–water partition coefficient (Wildman–Crippen LogP) is 1.25. The summed E-state index contributed by atoms with van der Waals surface area (Å²) in [5, 5.41) is 9.77. The fraction of sp³-hybridized carbons (Fsp3) is 0.100. The number of benzene rings is 1. The molecule has 14 heavy (non-hydrogen) atoms. The maximum Gasteiger partial charge on any atom is 0.325 e. The van der Waals surface area contributed by atoms with Gasteiger partial charge in [-0.15, -0.1) is 0 Å². The molecule has 0 aliphatic carbocycles. The second-order valence-corrected chi connectivity index (χ2v) is 3.14. The van der Waals surface area contributed by atoms with E-state index in [-0.39, 0.29) is 0 Å². The van der Waals surface area contributed by atoms with Gasteiger partial charge in [-0.1, -0.05) is 12.1 Å². The van der Waals surface area contributed by atoms with E-state index >= 15 is 0 Å². The number of carboxylic acids is 1. The molecule has 2 rings (SSSR count). The number of carboxylic acid groups (broad SMARTS) is 1. The van der Waals surface area contributed by atoms with Crippen molar-refractivity contribution in [2.75, 3.05) is 0 Å². The fourth-order valence-electron chi connectivity index (χ4n) is 1.40. The minimum Gasteiger partial charge on any atom is -0.480 e. The Hall–Kier alpha value is -1.81. The molecule has 1 heterocycles. The van der Waals surface area contributed by atoms with Crippen LogP contribution >= 0.6 is 0 Å². The van der Waals surface area contributed by atoms with Crippen molar-refractivity contribution < 1.29 is 9.90 Å². The summed E-state index contributed by atoms with van der Waals surface area (Å²) in [6.07, 6.45) is 1.81. The van der Waals surface area contributed by atoms with E-state index in [1.807, 2.05) is 12.1 Å². The quantitative estimate of drug-likeness (QED) is 0.666. The van der Waals surface area contributed by atoms with Crippen molar-refractivity contribution in [3.8, 4) is 0 Å². The van der Waals surface area contributed by atoms with E-state index in [0.29, 0.717) is 5.56 Å². The highest BCUT2D eigenvalue weighted by atomic mass is 16.4. The first-order valence-corrected chi connectivity index (χ1v) is 4.24. The van der Waals surface area contributed by atoms with Gasteiger partial charge in [-0.05, 0) is 23.1 Å². The average Bonchev–Trinajstić information content (AvgIpc) is 2.62. The molecule has 4 N–H and O–H groups in total. The molecule has 0 fully saturated rings. The van der Waals surface area contributed by atoms with Crippen LogP contribution < -0.4 is 5.73 Å². The Morgan fingerprint density at radius 3 is 2.93 bits per heavy atom. The molecule has 1 atom stereocenters. The molecular weight excluding hydrogens is 180 g/mol. The largest absolute Gasteiger partial charge is 0.480 e. The molecule has 0 aliphatic rings. The van der Waals surface area contributed by atoms with Crippen molar-refractivity contribution >= 4 is 16.9 Å². The van der Waals surface area contributed by atoms with Crippen LogP contribution in [0.1, 0.15) is 11.6 Å². The van der Waals surface area contributed by atoms with Gasteiger partial charge in [0, 0.05) is 11.7 Å². The lowest BCUT2D eigenvalue weighted by molar-refractivity contribution is -0.138. The van der Waals surface area contributed by atoms with Gasteiger partial charge in [-0.3, -0.25) is 4.79 Å². The molecule has 2 aromatic rings. The molecule has 4 nitrogen and oxygen atoms in total. The number of H-pyrrole nitrogens is 1. The number of aliphatic carboxylic acids is 1. The Balaban J connectivity index is 2.48. The van der Waals surface area contributed by atoms with Crippen LogP contribution in [0.25, 0.3) is 10.9 Å². The third-order valence-electron chi connectivity index (χ3n) is 2.20. The molecule has 1 aromatic heterocycles. The highest BCUT2D eigenvalue weighted by Crippen LogP contribution is 2.18. The first-order valence-electron chi connectivity index (χ1n) is 4.24. The molecule has 1 aromatic carbocycles. The highest BCUT2D eigenvalue weighted by molar-refractivity contribution is 5.82. The van der Waals surface area contributed by atoms with Gasteiger partial charge in [0.15, 0.2) is 0 Å². The second kappa shape index (κ2) is 3.16. The molecule has 0 radical (unpaired) electrons. The molecular formula is C10H10N2O2.